The molecule has 0 spiro atoms. The van der Waals surface area contributed by atoms with Crippen LogP contribution < -0.4 is 0 Å². The highest BCUT2D eigenvalue weighted by Gasteiger charge is 2.33. The number of amides is 1. The number of hydrogen-bond acceptors (Lipinski definition) is 6. The lowest BCUT2D eigenvalue weighted by Crippen LogP contribution is -2.43. The number of carbonyl (C=O) groups excluding carboxylic acids is 1. The van der Waals surface area contributed by atoms with E-state index in [1.54, 1.807) is 16.8 Å². The SMILES string of the molecule is COCc1nnn(C(c2ccccc2)C2CCN(C(=O)OC(C)(C)C)CC2)n1. The Morgan fingerprint density at radius 1 is 1.21 bits per heavy atom. The molecule has 0 bridgehead atoms. The van der Waals surface area contributed by atoms with Gasteiger partial charge in [-0.25, -0.2) is 4.79 Å². The van der Waals surface area contributed by atoms with Crippen molar-refractivity contribution >= 4 is 6.09 Å². The molecule has 1 aromatic carbocycles. The number of aromatic nitrogens is 4. The van der Waals surface area contributed by atoms with Gasteiger partial charge in [0, 0.05) is 20.2 Å². The third kappa shape index (κ3) is 5.07. The van der Waals surface area contributed by atoms with Gasteiger partial charge in [-0.3, -0.25) is 0 Å². The van der Waals surface area contributed by atoms with Crippen LogP contribution in [0.2, 0.25) is 0 Å². The van der Waals surface area contributed by atoms with Crippen LogP contribution in [0.4, 0.5) is 4.79 Å². The molecule has 1 aromatic heterocycles. The topological polar surface area (TPSA) is 82.4 Å². The van der Waals surface area contributed by atoms with Gasteiger partial charge in [0.15, 0.2) is 5.82 Å². The van der Waals surface area contributed by atoms with E-state index < -0.39 is 5.60 Å². The van der Waals surface area contributed by atoms with Crippen molar-refractivity contribution < 1.29 is 14.3 Å². The molecule has 0 saturated carbocycles. The molecule has 1 fully saturated rings. The Hall–Kier alpha value is -2.48. The van der Waals surface area contributed by atoms with Crippen LogP contribution in [-0.4, -0.2) is 57.0 Å². The molecular weight excluding hydrogens is 358 g/mol. The van der Waals surface area contributed by atoms with E-state index in [0.717, 1.165) is 18.4 Å². The molecule has 2 heterocycles. The van der Waals surface area contributed by atoms with Gasteiger partial charge in [0.1, 0.15) is 18.2 Å². The van der Waals surface area contributed by atoms with Crippen molar-refractivity contribution in [3.63, 3.8) is 0 Å². The number of methoxy groups -OCH3 is 1. The molecule has 8 nitrogen and oxygen atoms in total. The van der Waals surface area contributed by atoms with Gasteiger partial charge in [0.05, 0.1) is 0 Å². The van der Waals surface area contributed by atoms with Gasteiger partial charge in [-0.05, 0) is 50.3 Å². The average Bonchev–Trinajstić information content (AvgIpc) is 3.10. The van der Waals surface area contributed by atoms with E-state index in [4.69, 9.17) is 9.47 Å². The van der Waals surface area contributed by atoms with Gasteiger partial charge in [-0.1, -0.05) is 30.3 Å². The van der Waals surface area contributed by atoms with Crippen LogP contribution in [0.15, 0.2) is 30.3 Å². The van der Waals surface area contributed by atoms with Crippen molar-refractivity contribution in [2.45, 2.75) is 51.9 Å². The molecule has 1 aliphatic rings. The zero-order valence-corrected chi connectivity index (χ0v) is 17.0. The van der Waals surface area contributed by atoms with Gasteiger partial charge in [0.25, 0.3) is 0 Å². The van der Waals surface area contributed by atoms with Crippen LogP contribution in [0, 0.1) is 5.92 Å². The Labute approximate surface area is 165 Å². The molecule has 2 aromatic rings. The molecule has 1 amide bonds. The average molecular weight is 387 g/mol. The van der Waals surface area contributed by atoms with Crippen LogP contribution in [0.25, 0.3) is 0 Å². The smallest absolute Gasteiger partial charge is 0.410 e. The molecule has 0 radical (unpaired) electrons. The van der Waals surface area contributed by atoms with Gasteiger partial charge >= 0.3 is 6.09 Å². The monoisotopic (exact) mass is 387 g/mol. The molecule has 3 rings (SSSR count). The summed E-state index contributed by atoms with van der Waals surface area (Å²) in [5, 5.41) is 12.9. The Morgan fingerprint density at radius 3 is 2.50 bits per heavy atom. The highest BCUT2D eigenvalue weighted by Crippen LogP contribution is 2.33. The van der Waals surface area contributed by atoms with Crippen molar-refractivity contribution in [3.05, 3.63) is 41.7 Å². The number of piperidine rings is 1. The minimum Gasteiger partial charge on any atom is -0.444 e. The number of likely N-dealkylation sites (tertiary alicyclic amines) is 1. The molecule has 1 aliphatic heterocycles. The maximum absolute atomic E-state index is 12.4. The summed E-state index contributed by atoms with van der Waals surface area (Å²) >= 11 is 0. The van der Waals surface area contributed by atoms with Crippen molar-refractivity contribution in [2.75, 3.05) is 20.2 Å². The third-order valence-electron chi connectivity index (χ3n) is 4.77. The van der Waals surface area contributed by atoms with E-state index in [0.29, 0.717) is 31.4 Å². The van der Waals surface area contributed by atoms with Crippen molar-refractivity contribution in [1.29, 1.82) is 0 Å². The summed E-state index contributed by atoms with van der Waals surface area (Å²) in [5.41, 5.74) is 0.655. The Morgan fingerprint density at radius 2 is 1.89 bits per heavy atom. The molecule has 0 N–H and O–H groups in total. The second-order valence-corrected chi connectivity index (χ2v) is 8.12. The number of hydrogen-bond donors (Lipinski definition) is 0. The normalized spacial score (nSPS) is 16.8. The summed E-state index contributed by atoms with van der Waals surface area (Å²) in [6.07, 6.45) is 1.45. The Kier molecular flexibility index (Phi) is 6.28. The van der Waals surface area contributed by atoms with Crippen LogP contribution in [-0.2, 0) is 16.1 Å². The van der Waals surface area contributed by atoms with Crippen LogP contribution in [0.3, 0.4) is 0 Å². The van der Waals surface area contributed by atoms with Gasteiger partial charge < -0.3 is 14.4 Å². The van der Waals surface area contributed by atoms with Crippen LogP contribution >= 0.6 is 0 Å². The lowest BCUT2D eigenvalue weighted by molar-refractivity contribution is 0.0165. The molecule has 0 aliphatic carbocycles. The summed E-state index contributed by atoms with van der Waals surface area (Å²) in [5.74, 6) is 0.861. The van der Waals surface area contributed by atoms with E-state index in [-0.39, 0.29) is 12.1 Å². The minimum atomic E-state index is -0.483. The predicted octanol–water partition coefficient (Wildman–Crippen LogP) is 3.06. The number of benzene rings is 1. The zero-order chi connectivity index (χ0) is 20.1. The standard InChI is InChI=1S/C20H29N5O3/c1-20(2,3)28-19(26)24-12-10-16(11-13-24)18(15-8-6-5-7-9-15)25-22-17(14-27-4)21-23-25/h5-9,16,18H,10-14H2,1-4H3. The quantitative estimate of drug-likeness (QED) is 0.784. The Bertz CT molecular complexity index is 764. The van der Waals surface area contributed by atoms with Crippen LogP contribution in [0.5, 0.6) is 0 Å². The molecule has 152 valence electrons. The van der Waals surface area contributed by atoms with Crippen molar-refractivity contribution in [3.8, 4) is 0 Å². The fourth-order valence-corrected chi connectivity index (χ4v) is 3.53. The van der Waals surface area contributed by atoms with Crippen molar-refractivity contribution in [1.82, 2.24) is 25.1 Å². The molecule has 1 saturated heterocycles. The second-order valence-electron chi connectivity index (χ2n) is 8.12. The first-order chi connectivity index (χ1) is 13.4. The maximum Gasteiger partial charge on any atom is 0.410 e. The molecule has 1 atom stereocenters. The third-order valence-corrected chi connectivity index (χ3v) is 4.77. The number of rotatable bonds is 5. The summed E-state index contributed by atoms with van der Waals surface area (Å²) in [6, 6.07) is 10.2. The van der Waals surface area contributed by atoms with Gasteiger partial charge in [0.2, 0.25) is 0 Å². The highest BCUT2D eigenvalue weighted by molar-refractivity contribution is 5.68. The van der Waals surface area contributed by atoms with E-state index in [2.05, 4.69) is 27.5 Å². The van der Waals surface area contributed by atoms with Gasteiger partial charge in [-0.15, -0.1) is 10.2 Å². The first-order valence-corrected chi connectivity index (χ1v) is 9.67. The predicted molar refractivity (Wildman–Crippen MR) is 104 cm³/mol. The Balaban J connectivity index is 1.74. The summed E-state index contributed by atoms with van der Waals surface area (Å²) in [7, 11) is 1.61. The largest absolute Gasteiger partial charge is 0.444 e. The molecule has 28 heavy (non-hydrogen) atoms. The van der Waals surface area contributed by atoms with E-state index in [1.807, 2.05) is 39.0 Å². The molecule has 8 heteroatoms. The van der Waals surface area contributed by atoms with E-state index in [9.17, 15) is 4.79 Å². The lowest BCUT2D eigenvalue weighted by atomic mass is 9.86. The number of tetrazole rings is 1. The van der Waals surface area contributed by atoms with Crippen LogP contribution in [0.1, 0.15) is 51.0 Å². The summed E-state index contributed by atoms with van der Waals surface area (Å²) in [4.78, 5) is 15.8. The van der Waals surface area contributed by atoms with E-state index in [1.165, 1.54) is 0 Å². The first kappa shape index (κ1) is 20.3. The number of carbonyl (C=O) groups is 1. The summed E-state index contributed by atoms with van der Waals surface area (Å²) < 4.78 is 10.6. The minimum absolute atomic E-state index is 0.0277. The zero-order valence-electron chi connectivity index (χ0n) is 17.0. The molecule has 1 unspecified atom stereocenters. The van der Waals surface area contributed by atoms with Gasteiger partial charge in [-0.2, -0.15) is 4.80 Å². The number of nitrogens with zero attached hydrogens (tertiary/aromatic N) is 5. The fourth-order valence-electron chi connectivity index (χ4n) is 3.53. The lowest BCUT2D eigenvalue weighted by Gasteiger charge is -2.36. The van der Waals surface area contributed by atoms with Crippen molar-refractivity contribution in [2.24, 2.45) is 5.92 Å². The molecular formula is C20H29N5O3. The first-order valence-electron chi connectivity index (χ1n) is 9.67. The number of ether oxygens (including phenoxy) is 2. The summed E-state index contributed by atoms with van der Waals surface area (Å²) in [6.45, 7) is 7.30. The second kappa shape index (κ2) is 8.68. The maximum atomic E-state index is 12.4. The fraction of sp³-hybridized carbons (Fsp3) is 0.600. The highest BCUT2D eigenvalue weighted by atomic mass is 16.6. The van der Waals surface area contributed by atoms with E-state index >= 15 is 0 Å².